The van der Waals surface area contributed by atoms with Crippen LogP contribution in [-0.2, 0) is 11.2 Å². The van der Waals surface area contributed by atoms with Crippen molar-refractivity contribution in [2.45, 2.75) is 13.3 Å². The third-order valence-corrected chi connectivity index (χ3v) is 5.95. The van der Waals surface area contributed by atoms with E-state index in [4.69, 9.17) is 9.47 Å². The lowest BCUT2D eigenvalue weighted by Gasteiger charge is -2.34. The molecule has 1 aliphatic rings. The Hall–Kier alpha value is -4.08. The molecule has 2 amide bonds. The number of methoxy groups -OCH3 is 1. The number of rotatable bonds is 7. The van der Waals surface area contributed by atoms with Crippen molar-refractivity contribution in [1.82, 2.24) is 14.8 Å². The zero-order valence-corrected chi connectivity index (χ0v) is 19.1. The van der Waals surface area contributed by atoms with Crippen molar-refractivity contribution in [1.29, 1.82) is 0 Å². The quantitative estimate of drug-likeness (QED) is 0.422. The summed E-state index contributed by atoms with van der Waals surface area (Å²) < 4.78 is 10.7. The molecule has 1 saturated heterocycles. The van der Waals surface area contributed by atoms with Gasteiger partial charge in [-0.2, -0.15) is 0 Å². The van der Waals surface area contributed by atoms with Gasteiger partial charge in [0, 0.05) is 49.3 Å². The van der Waals surface area contributed by atoms with Gasteiger partial charge < -0.3 is 24.3 Å². The molecule has 4 rings (SSSR count). The highest BCUT2D eigenvalue weighted by atomic mass is 16.6. The first kappa shape index (κ1) is 23.1. The Morgan fingerprint density at radius 3 is 2.47 bits per heavy atom. The second kappa shape index (κ2) is 9.82. The number of fused-ring (bicyclic) bond motifs is 1. The van der Waals surface area contributed by atoms with Gasteiger partial charge in [-0.25, -0.2) is 0 Å². The van der Waals surface area contributed by atoms with Crippen LogP contribution < -0.4 is 9.47 Å². The van der Waals surface area contributed by atoms with Crippen LogP contribution in [0.25, 0.3) is 10.9 Å². The van der Waals surface area contributed by atoms with Gasteiger partial charge in [0.1, 0.15) is 5.56 Å². The molecule has 10 heteroatoms. The van der Waals surface area contributed by atoms with Gasteiger partial charge in [0.2, 0.25) is 5.91 Å². The molecule has 0 bridgehead atoms. The first-order valence-corrected chi connectivity index (χ1v) is 11.0. The predicted molar refractivity (Wildman–Crippen MR) is 125 cm³/mol. The Labute approximate surface area is 196 Å². The zero-order chi connectivity index (χ0) is 24.2. The van der Waals surface area contributed by atoms with E-state index in [9.17, 15) is 19.7 Å². The molecule has 0 aliphatic carbocycles. The third kappa shape index (κ3) is 4.52. The monoisotopic (exact) mass is 466 g/mol. The largest absolute Gasteiger partial charge is 0.493 e. The van der Waals surface area contributed by atoms with Crippen LogP contribution in [0.3, 0.4) is 0 Å². The number of hydrogen-bond acceptors (Lipinski definition) is 6. The number of nitro benzene ring substituents is 1. The molecule has 0 atom stereocenters. The number of H-pyrrole nitrogens is 1. The minimum atomic E-state index is -0.605. The number of nitro groups is 1. The van der Waals surface area contributed by atoms with Gasteiger partial charge in [-0.3, -0.25) is 19.7 Å². The number of benzene rings is 2. The molecular weight excluding hydrogens is 440 g/mol. The van der Waals surface area contributed by atoms with Crippen molar-refractivity contribution < 1.29 is 24.0 Å². The average molecular weight is 466 g/mol. The molecular formula is C24H26N4O6. The fourth-order valence-corrected chi connectivity index (χ4v) is 4.18. The normalized spacial score (nSPS) is 13.7. The number of piperazine rings is 1. The summed E-state index contributed by atoms with van der Waals surface area (Å²) in [6.07, 6.45) is 2.11. The van der Waals surface area contributed by atoms with Crippen LogP contribution in [0.15, 0.2) is 42.6 Å². The molecule has 3 aromatic rings. The highest BCUT2D eigenvalue weighted by Crippen LogP contribution is 2.35. The molecule has 0 unspecified atom stereocenters. The van der Waals surface area contributed by atoms with E-state index in [0.29, 0.717) is 19.7 Å². The average Bonchev–Trinajstić information content (AvgIpc) is 3.26. The molecule has 2 heterocycles. The van der Waals surface area contributed by atoms with E-state index in [2.05, 4.69) is 4.98 Å². The summed E-state index contributed by atoms with van der Waals surface area (Å²) in [6.45, 7) is 3.37. The maximum absolute atomic E-state index is 13.2. The fourth-order valence-electron chi connectivity index (χ4n) is 4.18. The first-order chi connectivity index (χ1) is 16.4. The number of para-hydroxylation sites is 1. The number of carbonyl (C=O) groups is 2. The molecule has 0 radical (unpaired) electrons. The van der Waals surface area contributed by atoms with Gasteiger partial charge in [0.25, 0.3) is 11.6 Å². The van der Waals surface area contributed by atoms with E-state index >= 15 is 0 Å². The van der Waals surface area contributed by atoms with E-state index in [0.717, 1.165) is 16.5 Å². The Kier molecular flexibility index (Phi) is 6.67. The van der Waals surface area contributed by atoms with Crippen molar-refractivity contribution in [2.75, 3.05) is 39.9 Å². The van der Waals surface area contributed by atoms with Crippen molar-refractivity contribution in [3.63, 3.8) is 0 Å². The standard InChI is InChI=1S/C24H26N4O6/c1-3-34-22-13-18(20(28(31)32)14-21(22)33-2)24(30)27-10-8-26(9-11-27)23(29)12-16-15-25-19-7-5-4-6-17(16)19/h4-7,13-15,25H,3,8-12H2,1-2H3. The molecule has 1 aromatic heterocycles. The lowest BCUT2D eigenvalue weighted by molar-refractivity contribution is -0.385. The molecule has 34 heavy (non-hydrogen) atoms. The summed E-state index contributed by atoms with van der Waals surface area (Å²) in [5, 5.41) is 12.6. The van der Waals surface area contributed by atoms with Crippen molar-refractivity contribution in [2.24, 2.45) is 0 Å². The molecule has 2 aromatic carbocycles. The Balaban J connectivity index is 1.45. The van der Waals surface area contributed by atoms with E-state index < -0.39 is 10.8 Å². The minimum Gasteiger partial charge on any atom is -0.493 e. The van der Waals surface area contributed by atoms with Crippen LogP contribution in [0.2, 0.25) is 0 Å². The van der Waals surface area contributed by atoms with Crippen LogP contribution in [0.1, 0.15) is 22.8 Å². The van der Waals surface area contributed by atoms with Gasteiger partial charge in [-0.05, 0) is 18.6 Å². The highest BCUT2D eigenvalue weighted by Gasteiger charge is 2.31. The van der Waals surface area contributed by atoms with Gasteiger partial charge >= 0.3 is 0 Å². The zero-order valence-electron chi connectivity index (χ0n) is 19.1. The molecule has 1 N–H and O–H groups in total. The number of ether oxygens (including phenoxy) is 2. The lowest BCUT2D eigenvalue weighted by atomic mass is 10.1. The third-order valence-electron chi connectivity index (χ3n) is 5.95. The summed E-state index contributed by atoms with van der Waals surface area (Å²) in [5.41, 5.74) is 1.50. The van der Waals surface area contributed by atoms with E-state index in [1.807, 2.05) is 30.5 Å². The molecule has 0 spiro atoms. The van der Waals surface area contributed by atoms with Crippen LogP contribution in [0.4, 0.5) is 5.69 Å². The summed E-state index contributed by atoms with van der Waals surface area (Å²) in [5.74, 6) is -0.0331. The number of carbonyl (C=O) groups excluding carboxylic acids is 2. The Bertz CT molecular complexity index is 1230. The molecule has 0 saturated carbocycles. The number of amides is 2. The first-order valence-electron chi connectivity index (χ1n) is 11.0. The molecule has 178 valence electrons. The smallest absolute Gasteiger partial charge is 0.286 e. The Morgan fingerprint density at radius 1 is 1.09 bits per heavy atom. The fraction of sp³-hybridized carbons (Fsp3) is 0.333. The summed E-state index contributed by atoms with van der Waals surface area (Å²) in [6, 6.07) is 10.4. The van der Waals surface area contributed by atoms with Crippen LogP contribution >= 0.6 is 0 Å². The van der Waals surface area contributed by atoms with Gasteiger partial charge in [0.05, 0.1) is 31.1 Å². The van der Waals surface area contributed by atoms with Crippen molar-refractivity contribution in [3.05, 3.63) is 63.8 Å². The molecule has 10 nitrogen and oxygen atoms in total. The van der Waals surface area contributed by atoms with Crippen LogP contribution in [0.5, 0.6) is 11.5 Å². The summed E-state index contributed by atoms with van der Waals surface area (Å²) in [4.78, 5) is 43.5. The van der Waals surface area contributed by atoms with E-state index in [-0.39, 0.29) is 48.2 Å². The second-order valence-electron chi connectivity index (χ2n) is 7.92. The minimum absolute atomic E-state index is 0.0223. The van der Waals surface area contributed by atoms with E-state index in [1.165, 1.54) is 24.1 Å². The van der Waals surface area contributed by atoms with Crippen LogP contribution in [0, 0.1) is 10.1 Å². The maximum atomic E-state index is 13.2. The molecule has 1 fully saturated rings. The number of nitrogens with zero attached hydrogens (tertiary/aromatic N) is 3. The number of hydrogen-bond donors (Lipinski definition) is 1. The lowest BCUT2D eigenvalue weighted by Crippen LogP contribution is -2.51. The number of aromatic nitrogens is 1. The van der Waals surface area contributed by atoms with E-state index in [1.54, 1.807) is 11.8 Å². The highest BCUT2D eigenvalue weighted by molar-refractivity contribution is 5.99. The van der Waals surface area contributed by atoms with Gasteiger partial charge in [-0.1, -0.05) is 18.2 Å². The maximum Gasteiger partial charge on any atom is 0.286 e. The number of aromatic amines is 1. The van der Waals surface area contributed by atoms with Gasteiger partial charge in [0.15, 0.2) is 11.5 Å². The second-order valence-corrected chi connectivity index (χ2v) is 7.92. The van der Waals surface area contributed by atoms with Crippen molar-refractivity contribution in [3.8, 4) is 11.5 Å². The van der Waals surface area contributed by atoms with Crippen LogP contribution in [-0.4, -0.2) is 71.4 Å². The summed E-state index contributed by atoms with van der Waals surface area (Å²) >= 11 is 0. The summed E-state index contributed by atoms with van der Waals surface area (Å²) in [7, 11) is 1.38. The molecule has 1 aliphatic heterocycles. The van der Waals surface area contributed by atoms with Crippen molar-refractivity contribution >= 4 is 28.4 Å². The SMILES string of the molecule is CCOc1cc(C(=O)N2CCN(C(=O)Cc3c[nH]c4ccccc34)CC2)c([N+](=O)[O-])cc1OC. The topological polar surface area (TPSA) is 118 Å². The van der Waals surface area contributed by atoms with Gasteiger partial charge in [-0.15, -0.1) is 0 Å². The number of nitrogens with one attached hydrogen (secondary N) is 1. The Morgan fingerprint density at radius 2 is 1.79 bits per heavy atom. The predicted octanol–water partition coefficient (Wildman–Crippen LogP) is 3.01.